The predicted octanol–water partition coefficient (Wildman–Crippen LogP) is 3.45. The molecule has 4 aliphatic rings. The highest BCUT2D eigenvalue weighted by Gasteiger charge is 2.72. The summed E-state index contributed by atoms with van der Waals surface area (Å²) in [6.45, 7) is 0.0723. The molecule has 0 saturated carbocycles. The molecule has 1 N–H and O–H groups in total. The number of hydrogen-bond acceptors (Lipinski definition) is 6. The highest BCUT2D eigenvalue weighted by molar-refractivity contribution is 6.30. The lowest BCUT2D eigenvalue weighted by Crippen LogP contribution is -2.56. The summed E-state index contributed by atoms with van der Waals surface area (Å²) < 4.78 is 12.2. The van der Waals surface area contributed by atoms with Crippen LogP contribution in [0.5, 0.6) is 0 Å². The number of rotatable bonds is 4. The lowest BCUT2D eigenvalue weighted by atomic mass is 9.78. The Bertz CT molecular complexity index is 1330. The van der Waals surface area contributed by atoms with E-state index >= 15 is 0 Å². The SMILES string of the molecule is O=C1OCCC/C=C\[C@H]2O[C@]34C=CCN(c5ccc(Cl)cc5)C(=O)C3N([C@H](CO)c3ccccc3)C(=O)[C@@H]4[C@@H]12. The Kier molecular flexibility index (Phi) is 6.79. The molecular formula is C30H29ClN2O6. The van der Waals surface area contributed by atoms with E-state index < -0.39 is 54.1 Å². The van der Waals surface area contributed by atoms with Crippen LogP contribution in [0.25, 0.3) is 0 Å². The number of carbonyl (C=O) groups excluding carboxylic acids is 3. The predicted molar refractivity (Wildman–Crippen MR) is 144 cm³/mol. The molecule has 1 unspecified atom stereocenters. The van der Waals surface area contributed by atoms with Crippen molar-refractivity contribution in [3.05, 3.63) is 89.5 Å². The van der Waals surface area contributed by atoms with Crippen LogP contribution in [-0.2, 0) is 23.9 Å². The first-order chi connectivity index (χ1) is 19.0. The molecule has 2 fully saturated rings. The minimum absolute atomic E-state index is 0.238. The van der Waals surface area contributed by atoms with Crippen molar-refractivity contribution in [1.82, 2.24) is 4.90 Å². The van der Waals surface area contributed by atoms with Crippen molar-refractivity contribution in [2.24, 2.45) is 11.8 Å². The Morgan fingerprint density at radius 1 is 1.03 bits per heavy atom. The summed E-state index contributed by atoms with van der Waals surface area (Å²) in [7, 11) is 0. The van der Waals surface area contributed by atoms with Gasteiger partial charge in [-0.2, -0.15) is 0 Å². The third kappa shape index (κ3) is 4.18. The number of anilines is 1. The number of esters is 1. The Balaban J connectivity index is 1.51. The molecule has 2 saturated heterocycles. The molecule has 0 bridgehead atoms. The number of amides is 2. The molecule has 202 valence electrons. The fourth-order valence-corrected chi connectivity index (χ4v) is 6.54. The van der Waals surface area contributed by atoms with Gasteiger partial charge in [-0.1, -0.05) is 66.2 Å². The molecule has 6 atom stereocenters. The normalized spacial score (nSPS) is 31.8. The number of nitrogens with zero attached hydrogens (tertiary/aromatic N) is 2. The maximum atomic E-state index is 14.5. The highest BCUT2D eigenvalue weighted by Crippen LogP contribution is 2.55. The van der Waals surface area contributed by atoms with Crippen LogP contribution < -0.4 is 4.90 Å². The minimum Gasteiger partial charge on any atom is -0.465 e. The summed E-state index contributed by atoms with van der Waals surface area (Å²) >= 11 is 6.10. The van der Waals surface area contributed by atoms with Gasteiger partial charge < -0.3 is 24.4 Å². The molecule has 39 heavy (non-hydrogen) atoms. The van der Waals surface area contributed by atoms with Crippen molar-refractivity contribution in [3.8, 4) is 0 Å². The van der Waals surface area contributed by atoms with E-state index in [9.17, 15) is 19.5 Å². The molecule has 1 spiro atoms. The average molecular weight is 549 g/mol. The van der Waals surface area contributed by atoms with E-state index in [-0.39, 0.29) is 19.1 Å². The topological polar surface area (TPSA) is 96.4 Å². The van der Waals surface area contributed by atoms with Crippen LogP contribution >= 0.6 is 11.6 Å². The molecule has 0 aliphatic carbocycles. The van der Waals surface area contributed by atoms with Crippen molar-refractivity contribution in [2.45, 2.75) is 36.6 Å². The van der Waals surface area contributed by atoms with Crippen molar-refractivity contribution >= 4 is 35.1 Å². The number of allylic oxidation sites excluding steroid dienone is 1. The van der Waals surface area contributed by atoms with Gasteiger partial charge in [0.15, 0.2) is 0 Å². The van der Waals surface area contributed by atoms with Crippen molar-refractivity contribution < 1.29 is 29.0 Å². The maximum absolute atomic E-state index is 14.5. The van der Waals surface area contributed by atoms with Crippen LogP contribution in [0.1, 0.15) is 24.4 Å². The summed E-state index contributed by atoms with van der Waals surface area (Å²) in [6.07, 6.45) is 8.01. The molecule has 8 nitrogen and oxygen atoms in total. The first kappa shape index (κ1) is 25.8. The van der Waals surface area contributed by atoms with Gasteiger partial charge in [-0.05, 0) is 42.7 Å². The minimum atomic E-state index is -1.42. The van der Waals surface area contributed by atoms with Crippen LogP contribution in [0.4, 0.5) is 5.69 Å². The van der Waals surface area contributed by atoms with Crippen molar-refractivity contribution in [3.63, 3.8) is 0 Å². The van der Waals surface area contributed by atoms with Crippen molar-refractivity contribution in [2.75, 3.05) is 24.7 Å². The Morgan fingerprint density at radius 2 is 1.79 bits per heavy atom. The van der Waals surface area contributed by atoms with E-state index in [0.717, 1.165) is 0 Å². The largest absolute Gasteiger partial charge is 0.465 e. The van der Waals surface area contributed by atoms with Crippen LogP contribution in [-0.4, -0.2) is 65.3 Å². The summed E-state index contributed by atoms with van der Waals surface area (Å²) in [6, 6.07) is 14.0. The molecule has 4 aliphatic heterocycles. The average Bonchev–Trinajstić information content (AvgIpc) is 3.35. The lowest BCUT2D eigenvalue weighted by molar-refractivity contribution is -0.155. The van der Waals surface area contributed by atoms with Gasteiger partial charge in [0.05, 0.1) is 31.3 Å². The summed E-state index contributed by atoms with van der Waals surface area (Å²) in [4.78, 5) is 45.3. The van der Waals surface area contributed by atoms with Crippen molar-refractivity contribution in [1.29, 1.82) is 0 Å². The maximum Gasteiger partial charge on any atom is 0.312 e. The number of likely N-dealkylation sites (tertiary alicyclic amines) is 1. The standard InChI is InChI=1S/C30H29ClN2O6/c31-20-11-13-21(14-12-20)32-16-7-15-30-25(24-23(39-30)10-5-2-6-17-38-29(24)37)27(35)33(26(30)28(32)36)22(18-34)19-8-3-1-4-9-19/h1,3-5,7-15,22-26,34H,2,6,16-18H2/b10-5-/t22-,23-,24+,25+,26?,30+/m1/s1. The van der Waals surface area contributed by atoms with E-state index in [0.29, 0.717) is 29.1 Å². The molecule has 2 amide bonds. The van der Waals surface area contributed by atoms with Crippen LogP contribution in [0.2, 0.25) is 5.02 Å². The zero-order valence-electron chi connectivity index (χ0n) is 21.2. The second-order valence-electron chi connectivity index (χ2n) is 10.3. The number of fused-ring (bicyclic) bond motifs is 2. The molecule has 6 rings (SSSR count). The second-order valence-corrected chi connectivity index (χ2v) is 10.7. The van der Waals surface area contributed by atoms with Crippen LogP contribution in [0, 0.1) is 11.8 Å². The first-order valence-corrected chi connectivity index (χ1v) is 13.6. The first-order valence-electron chi connectivity index (χ1n) is 13.2. The lowest BCUT2D eigenvalue weighted by Gasteiger charge is -2.38. The van der Waals surface area contributed by atoms with Gasteiger partial charge in [-0.25, -0.2) is 0 Å². The molecule has 9 heteroatoms. The van der Waals surface area contributed by atoms with Crippen LogP contribution in [0.3, 0.4) is 0 Å². The number of aliphatic hydroxyl groups is 1. The third-order valence-electron chi connectivity index (χ3n) is 8.12. The summed E-state index contributed by atoms with van der Waals surface area (Å²) in [5.41, 5.74) is -0.131. The zero-order valence-corrected chi connectivity index (χ0v) is 21.9. The smallest absolute Gasteiger partial charge is 0.312 e. The molecule has 0 aromatic heterocycles. The highest BCUT2D eigenvalue weighted by atomic mass is 35.5. The second kappa shape index (κ2) is 10.3. The van der Waals surface area contributed by atoms with E-state index in [1.165, 1.54) is 4.90 Å². The fourth-order valence-electron chi connectivity index (χ4n) is 6.41. The molecule has 2 aromatic carbocycles. The number of hydrogen-bond donors (Lipinski definition) is 1. The Labute approximate surface area is 231 Å². The molecule has 0 radical (unpaired) electrons. The van der Waals surface area contributed by atoms with E-state index in [4.69, 9.17) is 21.1 Å². The van der Waals surface area contributed by atoms with Gasteiger partial charge in [-0.3, -0.25) is 14.4 Å². The van der Waals surface area contributed by atoms with Gasteiger partial charge in [-0.15, -0.1) is 0 Å². The molecule has 2 aromatic rings. The van der Waals surface area contributed by atoms with Gasteiger partial charge in [0.25, 0.3) is 5.91 Å². The third-order valence-corrected chi connectivity index (χ3v) is 8.37. The Hall–Kier alpha value is -3.46. The summed E-state index contributed by atoms with van der Waals surface area (Å²) in [5.74, 6) is -3.21. The van der Waals surface area contributed by atoms with Gasteiger partial charge in [0, 0.05) is 17.3 Å². The zero-order chi connectivity index (χ0) is 27.1. The molecular weight excluding hydrogens is 520 g/mol. The number of cyclic esters (lactones) is 1. The van der Waals surface area contributed by atoms with Gasteiger partial charge in [0.1, 0.15) is 17.6 Å². The number of halogens is 1. The number of carbonyl (C=O) groups is 3. The van der Waals surface area contributed by atoms with Gasteiger partial charge >= 0.3 is 5.97 Å². The van der Waals surface area contributed by atoms with E-state index in [2.05, 4.69) is 0 Å². The Morgan fingerprint density at radius 3 is 2.54 bits per heavy atom. The van der Waals surface area contributed by atoms with Gasteiger partial charge in [0.2, 0.25) is 5.91 Å². The number of ether oxygens (including phenoxy) is 2. The van der Waals surface area contributed by atoms with E-state index in [1.807, 2.05) is 48.6 Å². The number of benzene rings is 2. The van der Waals surface area contributed by atoms with Crippen LogP contribution in [0.15, 0.2) is 78.9 Å². The molecule has 4 heterocycles. The van der Waals surface area contributed by atoms with E-state index in [1.54, 1.807) is 35.2 Å². The quantitative estimate of drug-likeness (QED) is 0.464. The fraction of sp³-hybridized carbons (Fsp3) is 0.367. The number of aliphatic hydroxyl groups excluding tert-OH is 1. The monoisotopic (exact) mass is 548 g/mol. The summed E-state index contributed by atoms with van der Waals surface area (Å²) in [5, 5.41) is 11.1.